The quantitative estimate of drug-likeness (QED) is 0.0113. The van der Waals surface area contributed by atoms with Gasteiger partial charge in [0, 0.05) is 56.4 Å². The number of carbonyl (C=O) groups is 13. The summed E-state index contributed by atoms with van der Waals surface area (Å²) in [6, 6.07) is -1.84. The Labute approximate surface area is 640 Å². The predicted molar refractivity (Wildman–Crippen MR) is 397 cm³/mol. The Hall–Kier alpha value is -11.2. The van der Waals surface area contributed by atoms with Crippen LogP contribution in [0.2, 0.25) is 0 Å². The molecule has 3 aromatic carbocycles. The number of ether oxygens (including phenoxy) is 3. The van der Waals surface area contributed by atoms with Crippen LogP contribution < -0.4 is 73.9 Å². The smallest absolute Gasteiger partial charge is 0.332 e. The number of aliphatic hydroxyl groups is 1. The monoisotopic (exact) mass is 1570 g/mol. The number of carboxylic acid groups (broad SMARTS) is 1. The average molecular weight is 1570 g/mol. The molecule has 36 nitrogen and oxygen atoms in total. The van der Waals surface area contributed by atoms with Gasteiger partial charge in [-0.25, -0.2) is 0 Å². The molecule has 3 fully saturated rings. The van der Waals surface area contributed by atoms with E-state index in [4.69, 9.17) is 35.8 Å². The third-order valence-electron chi connectivity index (χ3n) is 19.3. The van der Waals surface area contributed by atoms with Gasteiger partial charge in [0.25, 0.3) is 5.91 Å². The highest BCUT2D eigenvalue weighted by Gasteiger charge is 2.46. The van der Waals surface area contributed by atoms with Gasteiger partial charge >= 0.3 is 16.2 Å². The van der Waals surface area contributed by atoms with Crippen LogP contribution in [-0.4, -0.2) is 236 Å². The first kappa shape index (κ1) is 87.1. The lowest BCUT2D eigenvalue weighted by Gasteiger charge is -2.32. The molecule has 3 aliphatic heterocycles. The Morgan fingerprint density at radius 3 is 1.71 bits per heavy atom. The lowest BCUT2D eigenvalue weighted by Crippen LogP contribution is -2.61. The number of hydrogen-bond donors (Lipinski definition) is 13. The number of methoxy groups -OCH3 is 3. The van der Waals surface area contributed by atoms with Crippen molar-refractivity contribution in [3.05, 3.63) is 83.1 Å². The number of carboxylic acids is 1. The SMILES string of the molecule is COc1ccc(C[C@H](NC(=O)[C@H](C)NC(=O)[C@H](CC(C)C)NC(=O)c2oc3c(OC)c(OC)ccc3c2C)C(=O)N2CCC[C@H]2C(=O)N[C@@H](CC(=O)O)C(=O)N[C@@H](C)C(=O)NC(C(=O)N2C[C@H](O)C[C@H]2C(=O)N[C@@H](Cc2ccc(S(=O)(=O)F)cc2)C(=O)N[C@@H](CCCN=C(N)N)C(=O)N2CCC[C@H]2C(N)=O)C(C)C)cc1. The van der Waals surface area contributed by atoms with Gasteiger partial charge in [0.15, 0.2) is 23.1 Å². The number of aliphatic hydroxyl groups excluding tert-OH is 1. The highest BCUT2D eigenvalue weighted by atomic mass is 32.3. The van der Waals surface area contributed by atoms with Crippen LogP contribution in [0.4, 0.5) is 3.89 Å². The Bertz CT molecular complexity index is 4250. The number of halogens is 1. The van der Waals surface area contributed by atoms with E-state index in [1.54, 1.807) is 43.3 Å². The zero-order valence-corrected chi connectivity index (χ0v) is 64.2. The van der Waals surface area contributed by atoms with Crippen LogP contribution in [0.25, 0.3) is 11.0 Å². The van der Waals surface area contributed by atoms with E-state index in [-0.39, 0.29) is 99.1 Å². The number of likely N-dealkylation sites (tertiary alicyclic amines) is 3. The molecule has 7 rings (SSSR count). The maximum Gasteiger partial charge on any atom is 0.332 e. The molecule has 12 amide bonds. The maximum atomic E-state index is 14.9. The molecule has 1 aromatic heterocycles. The van der Waals surface area contributed by atoms with E-state index in [0.717, 1.165) is 17.0 Å². The van der Waals surface area contributed by atoms with E-state index in [2.05, 4.69) is 47.5 Å². The third kappa shape index (κ3) is 23.0. The number of primary amides is 1. The minimum absolute atomic E-state index is 0.00197. The summed E-state index contributed by atoms with van der Waals surface area (Å²) in [4.78, 5) is 189. The van der Waals surface area contributed by atoms with E-state index in [9.17, 15) is 84.8 Å². The predicted octanol–water partition coefficient (Wildman–Crippen LogP) is -0.898. The van der Waals surface area contributed by atoms with Crippen LogP contribution in [-0.2, 0) is 80.6 Å². The lowest BCUT2D eigenvalue weighted by atomic mass is 10.0. The zero-order chi connectivity index (χ0) is 82.0. The molecule has 0 spiro atoms. The molecule has 0 radical (unpaired) electrons. The highest BCUT2D eigenvalue weighted by molar-refractivity contribution is 7.86. The van der Waals surface area contributed by atoms with Crippen LogP contribution in [0.15, 0.2) is 75.0 Å². The van der Waals surface area contributed by atoms with Gasteiger partial charge in [0.05, 0.1) is 38.7 Å². The van der Waals surface area contributed by atoms with Gasteiger partial charge < -0.3 is 103 Å². The van der Waals surface area contributed by atoms with Crippen molar-refractivity contribution in [3.8, 4) is 17.2 Å². The van der Waals surface area contributed by atoms with Crippen LogP contribution in [0, 0.1) is 18.8 Å². The number of hydrogen-bond acceptors (Lipinski definition) is 21. The summed E-state index contributed by atoms with van der Waals surface area (Å²) in [5.41, 5.74) is 18.0. The molecular weight excluding hydrogens is 1470 g/mol. The second kappa shape index (κ2) is 38.9. The Kier molecular flexibility index (Phi) is 30.5. The lowest BCUT2D eigenvalue weighted by molar-refractivity contribution is -0.144. The normalized spacial score (nSPS) is 18.4. The molecular formula is C73H100FN15O21S. The summed E-state index contributed by atoms with van der Waals surface area (Å²) in [6.45, 7) is 10.5. The third-order valence-corrected chi connectivity index (χ3v) is 20.2. The fourth-order valence-corrected chi connectivity index (χ4v) is 13.9. The van der Waals surface area contributed by atoms with Crippen molar-refractivity contribution in [1.29, 1.82) is 0 Å². The molecule has 16 N–H and O–H groups in total. The summed E-state index contributed by atoms with van der Waals surface area (Å²) in [5.74, 6) is -12.5. The fraction of sp³-hybridized carbons (Fsp3) is 0.534. The number of nitrogens with zero attached hydrogens (tertiary/aromatic N) is 4. The van der Waals surface area contributed by atoms with Crippen molar-refractivity contribution in [1.82, 2.24) is 57.2 Å². The number of amides is 12. The molecule has 0 saturated carbocycles. The molecule has 12 atom stereocenters. The first-order valence-corrected chi connectivity index (χ1v) is 37.6. The number of β-amino-alcohol motifs (C(OH)–C–C–N with tert-alkyl or cyclic N) is 1. The summed E-state index contributed by atoms with van der Waals surface area (Å²) in [6.07, 6.45) is -2.39. The van der Waals surface area contributed by atoms with Crippen LogP contribution in [0.5, 0.6) is 17.2 Å². The largest absolute Gasteiger partial charge is 0.497 e. The summed E-state index contributed by atoms with van der Waals surface area (Å²) in [7, 11) is -0.868. The van der Waals surface area contributed by atoms with E-state index in [1.807, 2.05) is 13.8 Å². The van der Waals surface area contributed by atoms with Crippen molar-refractivity contribution in [2.45, 2.75) is 197 Å². The van der Waals surface area contributed by atoms with Crippen LogP contribution in [0.3, 0.4) is 0 Å². The van der Waals surface area contributed by atoms with Crippen molar-refractivity contribution in [3.63, 3.8) is 0 Å². The average Bonchev–Trinajstić information content (AvgIpc) is 1.62. The number of guanidine groups is 1. The number of nitrogens with one attached hydrogen (secondary N) is 8. The van der Waals surface area contributed by atoms with Gasteiger partial charge in [0.2, 0.25) is 70.7 Å². The number of carbonyl (C=O) groups excluding carboxylic acids is 12. The second-order valence-electron chi connectivity index (χ2n) is 28.4. The van der Waals surface area contributed by atoms with Gasteiger partial charge in [-0.15, -0.1) is 3.89 Å². The minimum Gasteiger partial charge on any atom is -0.497 e. The number of benzene rings is 3. The fourth-order valence-electron chi connectivity index (χ4n) is 13.5. The number of aliphatic imine (C=N–C) groups is 1. The second-order valence-corrected chi connectivity index (χ2v) is 29.7. The maximum absolute atomic E-state index is 14.9. The van der Waals surface area contributed by atoms with Crippen molar-refractivity contribution in [2.24, 2.45) is 34.0 Å². The minimum atomic E-state index is -5.18. The van der Waals surface area contributed by atoms with Gasteiger partial charge in [-0.2, -0.15) is 8.42 Å². The van der Waals surface area contributed by atoms with Crippen LogP contribution >= 0.6 is 0 Å². The number of rotatable bonds is 37. The molecule has 0 bridgehead atoms. The molecule has 3 saturated heterocycles. The summed E-state index contributed by atoms with van der Waals surface area (Å²) < 4.78 is 59.6. The summed E-state index contributed by atoms with van der Waals surface area (Å²) in [5, 5.41) is 42.3. The Balaban J connectivity index is 1.03. The van der Waals surface area contributed by atoms with Gasteiger partial charge in [-0.05, 0) is 125 Å². The first-order valence-electron chi connectivity index (χ1n) is 36.3. The van der Waals surface area contributed by atoms with Crippen molar-refractivity contribution in [2.75, 3.05) is 47.5 Å². The van der Waals surface area contributed by atoms with E-state index >= 15 is 0 Å². The Morgan fingerprint density at radius 2 is 1.15 bits per heavy atom. The molecule has 4 aromatic rings. The molecule has 1 unspecified atom stereocenters. The highest BCUT2D eigenvalue weighted by Crippen LogP contribution is 2.39. The van der Waals surface area contributed by atoms with Crippen LogP contribution in [0.1, 0.15) is 127 Å². The van der Waals surface area contributed by atoms with E-state index < -0.39 is 196 Å². The number of aliphatic carboxylic acids is 1. The zero-order valence-electron chi connectivity index (χ0n) is 63.4. The Morgan fingerprint density at radius 1 is 0.613 bits per heavy atom. The van der Waals surface area contributed by atoms with Gasteiger partial charge in [-0.1, -0.05) is 52.0 Å². The number of fused-ring (bicyclic) bond motifs is 1. The number of aryl methyl sites for hydroxylation is 1. The van der Waals surface area contributed by atoms with Crippen molar-refractivity contribution >= 4 is 104 Å². The van der Waals surface area contributed by atoms with Crippen molar-refractivity contribution < 1.29 is 103 Å². The molecule has 606 valence electrons. The van der Waals surface area contributed by atoms with E-state index in [0.29, 0.717) is 34.4 Å². The van der Waals surface area contributed by atoms with E-state index in [1.165, 1.54) is 71.0 Å². The topological polar surface area (TPSA) is 534 Å². The number of furan rings is 1. The van der Waals surface area contributed by atoms with Gasteiger partial charge in [-0.3, -0.25) is 67.3 Å². The standard InChI is InChI=1S/C73H100FN15O21S/c1-36(2)30-48(84-69(101)58-38(5)46-25-26-55(108-9)60(109-10)59(46)110-58)64(96)79-39(6)62(94)85-51(32-41-17-21-44(107-8)22-18-41)71(103)88-29-13-16-53(88)67(99)83-50(34-56(91)92)65(97)80-40(7)63(95)86-57(37(3)4)72(104)89-35-43(90)33-54(89)68(100)82-49(31-42-19-23-45(24-20-42)111(74,105)106)66(98)81-47(14-11-27-78-73(76)77)70(102)87-28-12-15-52(87)61(75)93/h17-26,36-37,39-40,43,47-54,57,90H,11-16,27-35H2,1-10H3,(H2,75,93)(H,79,96)(H,80,97)(H,81,98)(H,82,100)(H,83,99)(H,84,101)(H,85,94)(H,86,95)(H,91,92)(H4,76,77,78)/t39-,40-,43+,47-,48-,49-,50-,51-,52-,53-,54-,57?/m0/s1. The first-order chi connectivity index (χ1) is 52.3. The molecule has 38 heteroatoms. The number of nitrogens with two attached hydrogens (primary N) is 3. The molecule has 4 heterocycles. The molecule has 3 aliphatic rings. The molecule has 111 heavy (non-hydrogen) atoms. The summed E-state index contributed by atoms with van der Waals surface area (Å²) >= 11 is 0. The van der Waals surface area contributed by atoms with Gasteiger partial charge in [0.1, 0.15) is 72.2 Å². The molecule has 0 aliphatic carbocycles.